The summed E-state index contributed by atoms with van der Waals surface area (Å²) in [5.74, 6) is -0.153. The van der Waals surface area contributed by atoms with E-state index in [0.717, 1.165) is 39.0 Å². The van der Waals surface area contributed by atoms with Crippen molar-refractivity contribution in [3.05, 3.63) is 70.9 Å². The number of ether oxygens (including phenoxy) is 1. The zero-order valence-corrected chi connectivity index (χ0v) is 18.3. The van der Waals surface area contributed by atoms with E-state index in [9.17, 15) is 4.39 Å². The third-order valence-electron chi connectivity index (χ3n) is 7.18. The van der Waals surface area contributed by atoms with E-state index in [1.54, 1.807) is 12.1 Å². The molecule has 1 spiro atoms. The second-order valence-electron chi connectivity index (χ2n) is 9.13. The van der Waals surface area contributed by atoms with Crippen molar-refractivity contribution >= 4 is 21.4 Å². The highest BCUT2D eigenvalue weighted by atomic mass is 32.1. The molecule has 158 valence electrons. The number of halogens is 1. The quantitative estimate of drug-likeness (QED) is 0.452. The predicted octanol–water partition coefficient (Wildman–Crippen LogP) is 6.58. The summed E-state index contributed by atoms with van der Waals surface area (Å²) < 4.78 is 21.3. The van der Waals surface area contributed by atoms with Crippen molar-refractivity contribution in [3.63, 3.8) is 0 Å². The molecule has 0 amide bonds. The summed E-state index contributed by atoms with van der Waals surface area (Å²) >= 11 is 1.87. The molecule has 4 heteroatoms. The minimum atomic E-state index is -0.153. The standard InChI is InChI=1S/C26H30FNOS/c27-22-9-7-21(8-10-22)25(14-16-29-26(19-25)11-3-4-12-26)13-15-28-18-23-17-20-5-1-2-6-24(20)30-23/h1-2,5-10,17,28H,3-4,11-16,18-19H2/t25-/m1/s1. The van der Waals surface area contributed by atoms with Gasteiger partial charge in [0, 0.05) is 28.1 Å². The van der Waals surface area contributed by atoms with Crippen LogP contribution in [0, 0.1) is 5.82 Å². The molecule has 2 heterocycles. The van der Waals surface area contributed by atoms with Gasteiger partial charge in [0.05, 0.1) is 5.60 Å². The summed E-state index contributed by atoms with van der Waals surface area (Å²) in [6.45, 7) is 2.68. The largest absolute Gasteiger partial charge is 0.375 e. The van der Waals surface area contributed by atoms with Gasteiger partial charge in [-0.3, -0.25) is 0 Å². The molecule has 0 radical (unpaired) electrons. The molecule has 0 bridgehead atoms. The van der Waals surface area contributed by atoms with E-state index in [0.29, 0.717) is 0 Å². The summed E-state index contributed by atoms with van der Waals surface area (Å²) in [6, 6.07) is 18.1. The number of fused-ring (bicyclic) bond motifs is 1. The molecule has 1 aromatic heterocycles. The van der Waals surface area contributed by atoms with Crippen LogP contribution >= 0.6 is 11.3 Å². The molecule has 1 saturated carbocycles. The number of nitrogens with one attached hydrogen (secondary N) is 1. The van der Waals surface area contributed by atoms with Gasteiger partial charge in [0.15, 0.2) is 0 Å². The maximum Gasteiger partial charge on any atom is 0.123 e. The monoisotopic (exact) mass is 423 g/mol. The molecule has 30 heavy (non-hydrogen) atoms. The maximum atomic E-state index is 13.6. The van der Waals surface area contributed by atoms with Gasteiger partial charge in [-0.15, -0.1) is 11.3 Å². The Bertz CT molecular complexity index is 959. The van der Waals surface area contributed by atoms with Crippen LogP contribution < -0.4 is 5.32 Å². The molecule has 2 aliphatic rings. The fraction of sp³-hybridized carbons (Fsp3) is 0.462. The summed E-state index contributed by atoms with van der Waals surface area (Å²) in [6.07, 6.45) is 8.03. The molecule has 2 nitrogen and oxygen atoms in total. The molecule has 1 aliphatic carbocycles. The Kier molecular flexibility index (Phi) is 5.65. The van der Waals surface area contributed by atoms with Gasteiger partial charge in [0.1, 0.15) is 5.82 Å². The van der Waals surface area contributed by atoms with Gasteiger partial charge in [-0.05, 0) is 73.9 Å². The fourth-order valence-electron chi connectivity index (χ4n) is 5.63. The van der Waals surface area contributed by atoms with E-state index in [1.807, 2.05) is 23.5 Å². The normalized spacial score (nSPS) is 23.4. The molecular formula is C26H30FNOS. The minimum Gasteiger partial charge on any atom is -0.375 e. The van der Waals surface area contributed by atoms with Crippen LogP contribution in [-0.4, -0.2) is 18.8 Å². The van der Waals surface area contributed by atoms with Gasteiger partial charge in [-0.2, -0.15) is 0 Å². The lowest BCUT2D eigenvalue weighted by Crippen LogP contribution is -2.47. The highest BCUT2D eigenvalue weighted by Gasteiger charge is 2.47. The van der Waals surface area contributed by atoms with E-state index in [4.69, 9.17) is 4.74 Å². The van der Waals surface area contributed by atoms with Crippen LogP contribution in [0.3, 0.4) is 0 Å². The van der Waals surface area contributed by atoms with Gasteiger partial charge < -0.3 is 10.1 Å². The van der Waals surface area contributed by atoms with Crippen molar-refractivity contribution in [2.75, 3.05) is 13.2 Å². The Balaban J connectivity index is 1.30. The second kappa shape index (κ2) is 8.41. The van der Waals surface area contributed by atoms with Crippen molar-refractivity contribution in [1.29, 1.82) is 0 Å². The first-order valence-corrected chi connectivity index (χ1v) is 12.1. The zero-order valence-electron chi connectivity index (χ0n) is 17.5. The van der Waals surface area contributed by atoms with Gasteiger partial charge in [0.25, 0.3) is 0 Å². The first-order valence-electron chi connectivity index (χ1n) is 11.2. The Morgan fingerprint density at radius 3 is 2.60 bits per heavy atom. The summed E-state index contributed by atoms with van der Waals surface area (Å²) in [5, 5.41) is 5.02. The average Bonchev–Trinajstić information content (AvgIpc) is 3.38. The molecule has 1 saturated heterocycles. The van der Waals surface area contributed by atoms with Gasteiger partial charge in [-0.25, -0.2) is 4.39 Å². The SMILES string of the molecule is Fc1ccc([C@]2(CCNCc3cc4ccccc4s3)CCOC3(CCCC3)C2)cc1. The minimum absolute atomic E-state index is 0.0398. The van der Waals surface area contributed by atoms with Crippen molar-refractivity contribution in [2.24, 2.45) is 0 Å². The van der Waals surface area contributed by atoms with Crippen molar-refractivity contribution in [1.82, 2.24) is 5.32 Å². The highest BCUT2D eigenvalue weighted by molar-refractivity contribution is 7.19. The third-order valence-corrected chi connectivity index (χ3v) is 8.29. The third kappa shape index (κ3) is 4.05. The number of rotatable bonds is 6. The van der Waals surface area contributed by atoms with Crippen LogP contribution in [0.25, 0.3) is 10.1 Å². The van der Waals surface area contributed by atoms with Crippen molar-refractivity contribution < 1.29 is 9.13 Å². The Morgan fingerprint density at radius 1 is 1.00 bits per heavy atom. The first kappa shape index (κ1) is 20.2. The number of thiophene rings is 1. The number of hydrogen-bond acceptors (Lipinski definition) is 3. The lowest BCUT2D eigenvalue weighted by atomic mass is 9.66. The Morgan fingerprint density at radius 2 is 1.80 bits per heavy atom. The van der Waals surface area contributed by atoms with Gasteiger partial charge in [0.2, 0.25) is 0 Å². The second-order valence-corrected chi connectivity index (χ2v) is 10.3. The first-order chi connectivity index (χ1) is 14.7. The molecular weight excluding hydrogens is 393 g/mol. The van der Waals surface area contributed by atoms with E-state index >= 15 is 0 Å². The van der Waals surface area contributed by atoms with E-state index < -0.39 is 0 Å². The van der Waals surface area contributed by atoms with E-state index in [2.05, 4.69) is 35.6 Å². The van der Waals surface area contributed by atoms with Crippen LogP contribution in [-0.2, 0) is 16.7 Å². The molecule has 1 atom stereocenters. The van der Waals surface area contributed by atoms with Crippen LogP contribution in [0.2, 0.25) is 0 Å². The molecule has 2 fully saturated rings. The average molecular weight is 424 g/mol. The van der Waals surface area contributed by atoms with Gasteiger partial charge in [-0.1, -0.05) is 43.2 Å². The predicted molar refractivity (Wildman–Crippen MR) is 123 cm³/mol. The van der Waals surface area contributed by atoms with Crippen LogP contribution in [0.1, 0.15) is 55.4 Å². The lowest BCUT2D eigenvalue weighted by molar-refractivity contribution is -0.103. The van der Waals surface area contributed by atoms with E-state index in [-0.39, 0.29) is 16.8 Å². The highest BCUT2D eigenvalue weighted by Crippen LogP contribution is 2.50. The van der Waals surface area contributed by atoms with Gasteiger partial charge >= 0.3 is 0 Å². The molecule has 2 aromatic carbocycles. The van der Waals surface area contributed by atoms with Crippen LogP contribution in [0.4, 0.5) is 4.39 Å². The summed E-state index contributed by atoms with van der Waals surface area (Å²) in [7, 11) is 0. The smallest absolute Gasteiger partial charge is 0.123 e. The van der Waals surface area contributed by atoms with Crippen LogP contribution in [0.15, 0.2) is 54.6 Å². The molecule has 0 unspecified atom stereocenters. The molecule has 5 rings (SSSR count). The summed E-state index contributed by atoms with van der Waals surface area (Å²) in [5.41, 5.74) is 1.39. The number of hydrogen-bond donors (Lipinski definition) is 1. The molecule has 1 aliphatic heterocycles. The number of benzene rings is 2. The Hall–Kier alpha value is -1.75. The Labute approximate surface area is 182 Å². The van der Waals surface area contributed by atoms with Crippen molar-refractivity contribution in [2.45, 2.75) is 62.5 Å². The molecule has 1 N–H and O–H groups in total. The van der Waals surface area contributed by atoms with E-state index in [1.165, 1.54) is 46.2 Å². The van der Waals surface area contributed by atoms with Crippen LogP contribution in [0.5, 0.6) is 0 Å². The maximum absolute atomic E-state index is 13.6. The molecule has 3 aromatic rings. The summed E-state index contributed by atoms with van der Waals surface area (Å²) in [4.78, 5) is 1.38. The van der Waals surface area contributed by atoms with Crippen molar-refractivity contribution in [3.8, 4) is 0 Å². The zero-order chi connectivity index (χ0) is 20.4. The fourth-order valence-corrected chi connectivity index (χ4v) is 6.66. The topological polar surface area (TPSA) is 21.3 Å². The lowest BCUT2D eigenvalue weighted by Gasteiger charge is -2.47.